The largest absolute Gasteiger partial charge is 0.399 e. The lowest BCUT2D eigenvalue weighted by Crippen LogP contribution is -2.04. The van der Waals surface area contributed by atoms with Crippen molar-refractivity contribution in [2.75, 3.05) is 5.73 Å². The zero-order chi connectivity index (χ0) is 12.6. The van der Waals surface area contributed by atoms with Gasteiger partial charge in [-0.15, -0.1) is 11.3 Å². The molecule has 1 aromatic heterocycles. The van der Waals surface area contributed by atoms with Gasteiger partial charge < -0.3 is 5.73 Å². The second kappa shape index (κ2) is 4.34. The summed E-state index contributed by atoms with van der Waals surface area (Å²) >= 11 is 1.66. The normalized spacial score (nSPS) is 10.5. The Kier molecular flexibility index (Phi) is 3.03. The number of thiophene rings is 1. The van der Waals surface area contributed by atoms with Crippen molar-refractivity contribution >= 4 is 22.8 Å². The standard InChI is InChI=1S/C14H15NOS/c1-8-6-11(15)4-5-12(8)14(16)13-7-9(2)17-10(13)3/h4-7H,15H2,1-3H3. The van der Waals surface area contributed by atoms with Gasteiger partial charge in [0.15, 0.2) is 5.78 Å². The van der Waals surface area contributed by atoms with E-state index in [4.69, 9.17) is 5.73 Å². The highest BCUT2D eigenvalue weighted by atomic mass is 32.1. The van der Waals surface area contributed by atoms with Crippen LogP contribution in [0.15, 0.2) is 24.3 Å². The molecule has 0 atom stereocenters. The van der Waals surface area contributed by atoms with E-state index in [0.717, 1.165) is 21.6 Å². The van der Waals surface area contributed by atoms with E-state index in [9.17, 15) is 4.79 Å². The number of nitrogen functional groups attached to an aromatic ring is 1. The van der Waals surface area contributed by atoms with Crippen LogP contribution in [0.3, 0.4) is 0 Å². The number of hydrogen-bond acceptors (Lipinski definition) is 3. The Balaban J connectivity index is 2.47. The maximum absolute atomic E-state index is 12.4. The number of nitrogens with two attached hydrogens (primary N) is 1. The summed E-state index contributed by atoms with van der Waals surface area (Å²) < 4.78 is 0. The molecule has 0 radical (unpaired) electrons. The van der Waals surface area contributed by atoms with Crippen LogP contribution in [-0.2, 0) is 0 Å². The second-order valence-electron chi connectivity index (χ2n) is 4.23. The molecular formula is C14H15NOS. The van der Waals surface area contributed by atoms with E-state index in [2.05, 4.69) is 0 Å². The van der Waals surface area contributed by atoms with Gasteiger partial charge in [0.1, 0.15) is 0 Å². The molecule has 0 fully saturated rings. The third-order valence-corrected chi connectivity index (χ3v) is 3.75. The van der Waals surface area contributed by atoms with E-state index in [0.29, 0.717) is 5.69 Å². The van der Waals surface area contributed by atoms with Crippen LogP contribution in [0.5, 0.6) is 0 Å². The van der Waals surface area contributed by atoms with Crippen molar-refractivity contribution < 1.29 is 4.79 Å². The monoisotopic (exact) mass is 245 g/mol. The van der Waals surface area contributed by atoms with Crippen LogP contribution in [0.4, 0.5) is 5.69 Å². The van der Waals surface area contributed by atoms with Gasteiger partial charge in [-0.2, -0.15) is 0 Å². The highest BCUT2D eigenvalue weighted by molar-refractivity contribution is 7.12. The Morgan fingerprint density at radius 1 is 1.12 bits per heavy atom. The number of hydrogen-bond donors (Lipinski definition) is 1. The van der Waals surface area contributed by atoms with Gasteiger partial charge in [-0.1, -0.05) is 0 Å². The molecule has 0 amide bonds. The van der Waals surface area contributed by atoms with Gasteiger partial charge in [-0.05, 0) is 50.6 Å². The summed E-state index contributed by atoms with van der Waals surface area (Å²) in [5.41, 5.74) is 8.85. The molecule has 0 aliphatic rings. The smallest absolute Gasteiger partial charge is 0.194 e. The van der Waals surface area contributed by atoms with Crippen LogP contribution >= 0.6 is 11.3 Å². The molecule has 0 saturated carbocycles. The van der Waals surface area contributed by atoms with Crippen molar-refractivity contribution in [3.63, 3.8) is 0 Å². The van der Waals surface area contributed by atoms with Gasteiger partial charge in [0, 0.05) is 26.6 Å². The van der Waals surface area contributed by atoms with Crippen LogP contribution in [0.2, 0.25) is 0 Å². The molecule has 0 unspecified atom stereocenters. The quantitative estimate of drug-likeness (QED) is 0.650. The van der Waals surface area contributed by atoms with Gasteiger partial charge >= 0.3 is 0 Å². The van der Waals surface area contributed by atoms with Gasteiger partial charge in [0.25, 0.3) is 0 Å². The minimum absolute atomic E-state index is 0.0874. The highest BCUT2D eigenvalue weighted by Gasteiger charge is 2.15. The minimum atomic E-state index is 0.0874. The molecule has 0 aliphatic carbocycles. The predicted molar refractivity (Wildman–Crippen MR) is 72.8 cm³/mol. The third-order valence-electron chi connectivity index (χ3n) is 2.78. The molecular weight excluding hydrogens is 230 g/mol. The number of aryl methyl sites for hydroxylation is 3. The van der Waals surface area contributed by atoms with Crippen LogP contribution < -0.4 is 5.73 Å². The van der Waals surface area contributed by atoms with Crippen LogP contribution in [0, 0.1) is 20.8 Å². The summed E-state index contributed by atoms with van der Waals surface area (Å²) in [6.07, 6.45) is 0. The fourth-order valence-corrected chi connectivity index (χ4v) is 2.86. The molecule has 2 N–H and O–H groups in total. The van der Waals surface area contributed by atoms with Gasteiger partial charge in [-0.3, -0.25) is 4.79 Å². The Morgan fingerprint density at radius 2 is 1.82 bits per heavy atom. The number of carbonyl (C=O) groups is 1. The summed E-state index contributed by atoms with van der Waals surface area (Å²) in [4.78, 5) is 14.6. The fourth-order valence-electron chi connectivity index (χ4n) is 1.94. The minimum Gasteiger partial charge on any atom is -0.399 e. The first-order valence-electron chi connectivity index (χ1n) is 5.47. The van der Waals surface area contributed by atoms with Crippen molar-refractivity contribution in [2.24, 2.45) is 0 Å². The second-order valence-corrected chi connectivity index (χ2v) is 5.69. The first-order chi connectivity index (χ1) is 7.99. The summed E-state index contributed by atoms with van der Waals surface area (Å²) in [6, 6.07) is 7.37. The summed E-state index contributed by atoms with van der Waals surface area (Å²) in [7, 11) is 0. The van der Waals surface area contributed by atoms with Crippen molar-refractivity contribution in [1.82, 2.24) is 0 Å². The molecule has 1 heterocycles. The van der Waals surface area contributed by atoms with E-state index < -0.39 is 0 Å². The zero-order valence-electron chi connectivity index (χ0n) is 10.2. The first-order valence-corrected chi connectivity index (χ1v) is 6.28. The van der Waals surface area contributed by atoms with E-state index in [1.54, 1.807) is 23.5 Å². The molecule has 0 spiro atoms. The van der Waals surface area contributed by atoms with Crippen molar-refractivity contribution in [2.45, 2.75) is 20.8 Å². The summed E-state index contributed by atoms with van der Waals surface area (Å²) in [5, 5.41) is 0. The Morgan fingerprint density at radius 3 is 2.35 bits per heavy atom. The highest BCUT2D eigenvalue weighted by Crippen LogP contribution is 2.25. The molecule has 3 heteroatoms. The molecule has 88 valence electrons. The lowest BCUT2D eigenvalue weighted by molar-refractivity contribution is 0.103. The summed E-state index contributed by atoms with van der Waals surface area (Å²) in [6.45, 7) is 5.92. The zero-order valence-corrected chi connectivity index (χ0v) is 11.0. The van der Waals surface area contributed by atoms with Crippen LogP contribution in [0.25, 0.3) is 0 Å². The molecule has 2 rings (SSSR count). The Labute approximate surface area is 105 Å². The van der Waals surface area contributed by atoms with Crippen molar-refractivity contribution in [1.29, 1.82) is 0 Å². The topological polar surface area (TPSA) is 43.1 Å². The average Bonchev–Trinajstić information content (AvgIpc) is 2.57. The van der Waals surface area contributed by atoms with Gasteiger partial charge in [-0.25, -0.2) is 0 Å². The fraction of sp³-hybridized carbons (Fsp3) is 0.214. The molecule has 1 aromatic carbocycles. The Hall–Kier alpha value is -1.61. The molecule has 17 heavy (non-hydrogen) atoms. The van der Waals surface area contributed by atoms with Crippen molar-refractivity contribution in [3.8, 4) is 0 Å². The maximum Gasteiger partial charge on any atom is 0.194 e. The Bertz CT molecular complexity index is 584. The van der Waals surface area contributed by atoms with E-state index >= 15 is 0 Å². The number of benzene rings is 1. The SMILES string of the molecule is Cc1cc(C(=O)c2ccc(N)cc2C)c(C)s1. The van der Waals surface area contributed by atoms with Gasteiger partial charge in [0.05, 0.1) is 0 Å². The predicted octanol–water partition coefficient (Wildman–Crippen LogP) is 3.49. The van der Waals surface area contributed by atoms with Crippen LogP contribution in [0.1, 0.15) is 31.2 Å². The molecule has 2 nitrogen and oxygen atoms in total. The number of ketones is 1. The van der Waals surface area contributed by atoms with Crippen LogP contribution in [-0.4, -0.2) is 5.78 Å². The average molecular weight is 245 g/mol. The van der Waals surface area contributed by atoms with E-state index in [1.807, 2.05) is 32.9 Å². The molecule has 2 aromatic rings. The maximum atomic E-state index is 12.4. The molecule has 0 saturated heterocycles. The number of carbonyl (C=O) groups excluding carboxylic acids is 1. The summed E-state index contributed by atoms with van der Waals surface area (Å²) in [5.74, 6) is 0.0874. The number of rotatable bonds is 2. The molecule has 0 aliphatic heterocycles. The first kappa shape index (κ1) is 11.9. The molecule has 0 bridgehead atoms. The van der Waals surface area contributed by atoms with Crippen molar-refractivity contribution in [3.05, 3.63) is 50.7 Å². The van der Waals surface area contributed by atoms with E-state index in [1.165, 1.54) is 4.88 Å². The lowest BCUT2D eigenvalue weighted by atomic mass is 9.99. The van der Waals surface area contributed by atoms with Gasteiger partial charge in [0.2, 0.25) is 0 Å². The lowest BCUT2D eigenvalue weighted by Gasteiger charge is -2.05. The number of anilines is 1. The van der Waals surface area contributed by atoms with E-state index in [-0.39, 0.29) is 5.78 Å². The third kappa shape index (κ3) is 2.24.